The monoisotopic (exact) mass is 333 g/mol. The largest absolute Gasteiger partial charge is 0.496 e. The molecule has 0 fully saturated rings. The lowest BCUT2D eigenvalue weighted by atomic mass is 10.1. The average molecular weight is 334 g/mol. The lowest BCUT2D eigenvalue weighted by Crippen LogP contribution is -2.12. The molecule has 0 aliphatic heterocycles. The second-order valence-electron chi connectivity index (χ2n) is 4.60. The number of aryl methyl sites for hydroxylation is 2. The first-order valence-corrected chi connectivity index (χ1v) is 7.02. The molecule has 2 aromatic rings. The van der Waals surface area contributed by atoms with Crippen molar-refractivity contribution in [2.75, 3.05) is 12.4 Å². The number of rotatable bonds is 3. The van der Waals surface area contributed by atoms with Crippen molar-refractivity contribution in [3.63, 3.8) is 0 Å². The fourth-order valence-electron chi connectivity index (χ4n) is 1.89. The van der Waals surface area contributed by atoms with E-state index in [9.17, 15) is 4.79 Å². The van der Waals surface area contributed by atoms with Gasteiger partial charge in [0.05, 0.1) is 7.11 Å². The van der Waals surface area contributed by atoms with Gasteiger partial charge in [0.25, 0.3) is 5.91 Å². The maximum Gasteiger partial charge on any atom is 0.255 e. The Bertz CT molecular complexity index is 653. The number of ether oxygens (including phenoxy) is 1. The second kappa shape index (κ2) is 6.09. The van der Waals surface area contributed by atoms with Crippen molar-refractivity contribution >= 4 is 27.5 Å². The Kier molecular flexibility index (Phi) is 4.45. The molecule has 0 heterocycles. The lowest BCUT2D eigenvalue weighted by Gasteiger charge is -2.09. The molecule has 3 nitrogen and oxygen atoms in total. The molecule has 20 heavy (non-hydrogen) atoms. The summed E-state index contributed by atoms with van der Waals surface area (Å²) in [4.78, 5) is 12.2. The molecule has 0 radical (unpaired) electrons. The van der Waals surface area contributed by atoms with Gasteiger partial charge in [0.1, 0.15) is 5.75 Å². The van der Waals surface area contributed by atoms with Gasteiger partial charge in [-0.05, 0) is 55.3 Å². The molecule has 0 aliphatic carbocycles. The van der Waals surface area contributed by atoms with Crippen molar-refractivity contribution < 1.29 is 9.53 Å². The molecule has 1 N–H and O–H groups in total. The fourth-order valence-corrected chi connectivity index (χ4v) is 2.27. The van der Waals surface area contributed by atoms with Crippen LogP contribution in [0.4, 0.5) is 5.69 Å². The van der Waals surface area contributed by atoms with Gasteiger partial charge in [0.15, 0.2) is 0 Å². The summed E-state index contributed by atoms with van der Waals surface area (Å²) in [6.45, 7) is 3.93. The molecule has 104 valence electrons. The predicted octanol–water partition coefficient (Wildman–Crippen LogP) is 4.33. The highest BCUT2D eigenvalue weighted by Gasteiger charge is 2.08. The summed E-state index contributed by atoms with van der Waals surface area (Å²) in [5, 5.41) is 2.88. The van der Waals surface area contributed by atoms with Crippen molar-refractivity contribution in [1.82, 2.24) is 0 Å². The highest BCUT2D eigenvalue weighted by atomic mass is 79.9. The summed E-state index contributed by atoms with van der Waals surface area (Å²) < 4.78 is 6.13. The molecular weight excluding hydrogens is 318 g/mol. The molecule has 4 heteroatoms. The zero-order chi connectivity index (χ0) is 14.7. The minimum Gasteiger partial charge on any atom is -0.496 e. The number of hydrogen-bond acceptors (Lipinski definition) is 2. The van der Waals surface area contributed by atoms with E-state index < -0.39 is 0 Å². The molecule has 0 saturated carbocycles. The van der Waals surface area contributed by atoms with E-state index in [0.717, 1.165) is 27.0 Å². The zero-order valence-corrected chi connectivity index (χ0v) is 13.2. The van der Waals surface area contributed by atoms with Crippen molar-refractivity contribution in [1.29, 1.82) is 0 Å². The summed E-state index contributed by atoms with van der Waals surface area (Å²) in [6.07, 6.45) is 0. The van der Waals surface area contributed by atoms with Crippen LogP contribution in [0.15, 0.2) is 40.9 Å². The van der Waals surface area contributed by atoms with Gasteiger partial charge in [-0.3, -0.25) is 4.79 Å². The van der Waals surface area contributed by atoms with Crippen LogP contribution in [0.2, 0.25) is 0 Å². The Hall–Kier alpha value is -1.81. The number of carbonyl (C=O) groups is 1. The summed E-state index contributed by atoms with van der Waals surface area (Å²) in [7, 11) is 1.63. The molecule has 0 unspecified atom stereocenters. The summed E-state index contributed by atoms with van der Waals surface area (Å²) >= 11 is 3.43. The van der Waals surface area contributed by atoms with Gasteiger partial charge in [0.2, 0.25) is 0 Å². The van der Waals surface area contributed by atoms with E-state index in [1.54, 1.807) is 7.11 Å². The number of amides is 1. The molecule has 0 saturated heterocycles. The Morgan fingerprint density at radius 2 is 1.85 bits per heavy atom. The topological polar surface area (TPSA) is 38.3 Å². The van der Waals surface area contributed by atoms with Crippen LogP contribution in [0.1, 0.15) is 21.5 Å². The maximum atomic E-state index is 12.2. The Balaban J connectivity index is 2.19. The molecule has 1 amide bonds. The van der Waals surface area contributed by atoms with Crippen LogP contribution in [0.5, 0.6) is 5.75 Å². The predicted molar refractivity (Wildman–Crippen MR) is 84.6 cm³/mol. The standard InChI is InChI=1S/C16H16BrNO2/c1-10-4-5-12(9-14(10)17)16(19)18-13-6-7-15(20-3)11(2)8-13/h4-9H,1-3H3,(H,18,19). The Morgan fingerprint density at radius 1 is 1.10 bits per heavy atom. The molecule has 2 aromatic carbocycles. The van der Waals surface area contributed by atoms with Gasteiger partial charge >= 0.3 is 0 Å². The molecule has 0 bridgehead atoms. The molecule has 0 atom stereocenters. The fraction of sp³-hybridized carbons (Fsp3) is 0.188. The SMILES string of the molecule is COc1ccc(NC(=O)c2ccc(C)c(Br)c2)cc1C. The van der Waals surface area contributed by atoms with Gasteiger partial charge in [0, 0.05) is 15.7 Å². The third kappa shape index (κ3) is 3.20. The third-order valence-corrected chi connectivity index (χ3v) is 3.94. The maximum absolute atomic E-state index is 12.2. The van der Waals surface area contributed by atoms with E-state index >= 15 is 0 Å². The number of methoxy groups -OCH3 is 1. The Morgan fingerprint density at radius 3 is 2.45 bits per heavy atom. The van der Waals surface area contributed by atoms with Gasteiger partial charge in [-0.15, -0.1) is 0 Å². The van der Waals surface area contributed by atoms with Crippen molar-refractivity contribution in [2.24, 2.45) is 0 Å². The van der Waals surface area contributed by atoms with Gasteiger partial charge < -0.3 is 10.1 Å². The first-order valence-electron chi connectivity index (χ1n) is 6.23. The minimum atomic E-state index is -0.129. The first kappa shape index (κ1) is 14.6. The lowest BCUT2D eigenvalue weighted by molar-refractivity contribution is 0.102. The smallest absolute Gasteiger partial charge is 0.255 e. The van der Waals surface area contributed by atoms with E-state index in [-0.39, 0.29) is 5.91 Å². The van der Waals surface area contributed by atoms with E-state index in [2.05, 4.69) is 21.2 Å². The average Bonchev–Trinajstić information content (AvgIpc) is 2.42. The van der Waals surface area contributed by atoms with E-state index in [1.165, 1.54) is 0 Å². The normalized spacial score (nSPS) is 10.2. The van der Waals surface area contributed by atoms with Crippen LogP contribution in [0.3, 0.4) is 0 Å². The number of anilines is 1. The highest BCUT2D eigenvalue weighted by molar-refractivity contribution is 9.10. The summed E-state index contributed by atoms with van der Waals surface area (Å²) in [5.41, 5.74) is 3.46. The van der Waals surface area contributed by atoms with Gasteiger partial charge in [-0.1, -0.05) is 22.0 Å². The quantitative estimate of drug-likeness (QED) is 0.907. The van der Waals surface area contributed by atoms with Crippen LogP contribution in [0.25, 0.3) is 0 Å². The second-order valence-corrected chi connectivity index (χ2v) is 5.46. The number of hydrogen-bond donors (Lipinski definition) is 1. The summed E-state index contributed by atoms with van der Waals surface area (Å²) in [6, 6.07) is 11.1. The van der Waals surface area contributed by atoms with Crippen molar-refractivity contribution in [3.8, 4) is 5.75 Å². The molecule has 0 spiro atoms. The van der Waals surface area contributed by atoms with Crippen molar-refractivity contribution in [3.05, 3.63) is 57.6 Å². The van der Waals surface area contributed by atoms with E-state index in [4.69, 9.17) is 4.74 Å². The van der Waals surface area contributed by atoms with Crippen LogP contribution in [0, 0.1) is 13.8 Å². The van der Waals surface area contributed by atoms with Crippen LogP contribution >= 0.6 is 15.9 Å². The molecular formula is C16H16BrNO2. The zero-order valence-electron chi connectivity index (χ0n) is 11.7. The molecule has 0 aliphatic rings. The first-order chi connectivity index (χ1) is 9.51. The highest BCUT2D eigenvalue weighted by Crippen LogP contribution is 2.22. The number of carbonyl (C=O) groups excluding carboxylic acids is 1. The van der Waals surface area contributed by atoms with Crippen LogP contribution in [-0.4, -0.2) is 13.0 Å². The Labute approximate surface area is 127 Å². The number of nitrogens with one attached hydrogen (secondary N) is 1. The van der Waals surface area contributed by atoms with Crippen molar-refractivity contribution in [2.45, 2.75) is 13.8 Å². The van der Waals surface area contributed by atoms with E-state index in [0.29, 0.717) is 5.56 Å². The van der Waals surface area contributed by atoms with E-state index in [1.807, 2.05) is 50.2 Å². The minimum absolute atomic E-state index is 0.129. The van der Waals surface area contributed by atoms with Crippen LogP contribution in [-0.2, 0) is 0 Å². The molecule has 0 aromatic heterocycles. The number of halogens is 1. The third-order valence-electron chi connectivity index (χ3n) is 3.09. The molecule has 2 rings (SSSR count). The van der Waals surface area contributed by atoms with Gasteiger partial charge in [-0.25, -0.2) is 0 Å². The van der Waals surface area contributed by atoms with Crippen LogP contribution < -0.4 is 10.1 Å². The number of benzene rings is 2. The summed E-state index contributed by atoms with van der Waals surface area (Å²) in [5.74, 6) is 0.677. The van der Waals surface area contributed by atoms with Gasteiger partial charge in [-0.2, -0.15) is 0 Å².